The van der Waals surface area contributed by atoms with E-state index in [1.807, 2.05) is 6.92 Å². The van der Waals surface area contributed by atoms with Crippen LogP contribution in [0.15, 0.2) is 22.9 Å². The second-order valence-electron chi connectivity index (χ2n) is 3.64. The number of hydrogen-bond acceptors (Lipinski definition) is 4. The van der Waals surface area contributed by atoms with Crippen LogP contribution in [0.2, 0.25) is 0 Å². The minimum absolute atomic E-state index is 0.102. The topological polar surface area (TPSA) is 90.8 Å². The molecule has 2 rings (SSSR count). The molecule has 0 atom stereocenters. The van der Waals surface area contributed by atoms with Crippen molar-refractivity contribution in [1.29, 1.82) is 0 Å². The zero-order chi connectivity index (χ0) is 13.1. The molecular formula is C10H13BrN6O. The first-order valence-corrected chi connectivity index (χ1v) is 6.19. The van der Waals surface area contributed by atoms with Gasteiger partial charge in [-0.25, -0.2) is 4.68 Å². The molecular weight excluding hydrogens is 300 g/mol. The molecule has 2 heterocycles. The van der Waals surface area contributed by atoms with E-state index in [2.05, 4.69) is 31.4 Å². The molecule has 3 N–H and O–H groups in total. The number of nitrogen functional groups attached to an aromatic ring is 1. The van der Waals surface area contributed by atoms with Gasteiger partial charge in [0.05, 0.1) is 10.7 Å². The Bertz CT molecular complexity index is 541. The number of nitrogens with two attached hydrogens (primary N) is 1. The second-order valence-corrected chi connectivity index (χ2v) is 4.49. The molecule has 0 bridgehead atoms. The Morgan fingerprint density at radius 3 is 3.00 bits per heavy atom. The first-order valence-electron chi connectivity index (χ1n) is 5.40. The largest absolute Gasteiger partial charge is 0.381 e. The molecule has 1 amide bonds. The maximum Gasteiger partial charge on any atom is 0.247 e. The second kappa shape index (κ2) is 5.21. The van der Waals surface area contributed by atoms with Crippen molar-refractivity contribution in [3.8, 4) is 0 Å². The van der Waals surface area contributed by atoms with Crippen molar-refractivity contribution in [2.45, 2.75) is 20.0 Å². The van der Waals surface area contributed by atoms with Crippen molar-refractivity contribution in [2.75, 3.05) is 11.1 Å². The molecule has 0 aliphatic rings. The van der Waals surface area contributed by atoms with Crippen molar-refractivity contribution in [3.63, 3.8) is 0 Å². The number of anilines is 2. The van der Waals surface area contributed by atoms with Crippen LogP contribution in [0, 0.1) is 0 Å². The van der Waals surface area contributed by atoms with E-state index in [9.17, 15) is 4.79 Å². The van der Waals surface area contributed by atoms with Gasteiger partial charge >= 0.3 is 0 Å². The molecule has 0 aliphatic carbocycles. The predicted octanol–water partition coefficient (Wildman–Crippen LogP) is 1.08. The lowest BCUT2D eigenvalue weighted by atomic mass is 10.5. The summed E-state index contributed by atoms with van der Waals surface area (Å²) in [5.41, 5.74) is 5.57. The predicted molar refractivity (Wildman–Crippen MR) is 70.9 cm³/mol. The van der Waals surface area contributed by atoms with Crippen molar-refractivity contribution in [2.24, 2.45) is 0 Å². The Morgan fingerprint density at radius 1 is 1.61 bits per heavy atom. The highest BCUT2D eigenvalue weighted by molar-refractivity contribution is 9.10. The Kier molecular flexibility index (Phi) is 3.66. The third kappa shape index (κ3) is 2.70. The van der Waals surface area contributed by atoms with E-state index in [1.165, 1.54) is 4.68 Å². The van der Waals surface area contributed by atoms with Gasteiger partial charge in [-0.15, -0.1) is 0 Å². The van der Waals surface area contributed by atoms with Crippen LogP contribution in [0.25, 0.3) is 0 Å². The minimum atomic E-state index is -0.180. The van der Waals surface area contributed by atoms with Gasteiger partial charge in [0.25, 0.3) is 0 Å². The van der Waals surface area contributed by atoms with Crippen molar-refractivity contribution < 1.29 is 4.79 Å². The van der Waals surface area contributed by atoms with E-state index in [4.69, 9.17) is 5.73 Å². The van der Waals surface area contributed by atoms with Gasteiger partial charge in [-0.3, -0.25) is 9.48 Å². The van der Waals surface area contributed by atoms with Crippen LogP contribution in [0.4, 0.5) is 11.6 Å². The van der Waals surface area contributed by atoms with Gasteiger partial charge in [-0.05, 0) is 22.9 Å². The van der Waals surface area contributed by atoms with E-state index in [-0.39, 0.29) is 12.5 Å². The molecule has 0 fully saturated rings. The van der Waals surface area contributed by atoms with Gasteiger partial charge < -0.3 is 11.1 Å². The van der Waals surface area contributed by atoms with Crippen molar-refractivity contribution in [3.05, 3.63) is 22.9 Å². The van der Waals surface area contributed by atoms with Crippen LogP contribution in [-0.2, 0) is 17.9 Å². The Labute approximate surface area is 112 Å². The lowest BCUT2D eigenvalue weighted by Crippen LogP contribution is -2.21. The van der Waals surface area contributed by atoms with E-state index in [0.29, 0.717) is 22.7 Å². The highest BCUT2D eigenvalue weighted by atomic mass is 79.9. The molecule has 2 aromatic heterocycles. The van der Waals surface area contributed by atoms with E-state index >= 15 is 0 Å². The lowest BCUT2D eigenvalue weighted by Gasteiger charge is -2.06. The number of halogens is 1. The monoisotopic (exact) mass is 312 g/mol. The van der Waals surface area contributed by atoms with Gasteiger partial charge in [0, 0.05) is 18.8 Å². The molecule has 0 spiro atoms. The molecule has 0 aromatic carbocycles. The third-order valence-electron chi connectivity index (χ3n) is 2.33. The number of rotatable bonds is 4. The summed E-state index contributed by atoms with van der Waals surface area (Å²) < 4.78 is 3.85. The number of aromatic nitrogens is 4. The first kappa shape index (κ1) is 12.6. The number of aryl methyl sites for hydroxylation is 1. The fourth-order valence-electron chi connectivity index (χ4n) is 1.51. The molecule has 2 aromatic rings. The Balaban J connectivity index is 2.01. The molecule has 8 heteroatoms. The highest BCUT2D eigenvalue weighted by Gasteiger charge is 2.09. The van der Waals surface area contributed by atoms with Gasteiger partial charge in [0.15, 0.2) is 5.82 Å². The molecule has 0 unspecified atom stereocenters. The summed E-state index contributed by atoms with van der Waals surface area (Å²) in [6, 6.07) is 1.74. The maximum atomic E-state index is 11.8. The molecule has 96 valence electrons. The number of hydrogen-bond donors (Lipinski definition) is 2. The summed E-state index contributed by atoms with van der Waals surface area (Å²) in [7, 11) is 0. The summed E-state index contributed by atoms with van der Waals surface area (Å²) in [5, 5.41) is 10.8. The van der Waals surface area contributed by atoms with Crippen LogP contribution in [0.1, 0.15) is 6.92 Å². The van der Waals surface area contributed by atoms with E-state index in [0.717, 1.165) is 0 Å². The van der Waals surface area contributed by atoms with Gasteiger partial charge in [-0.1, -0.05) is 0 Å². The summed E-state index contributed by atoms with van der Waals surface area (Å²) in [4.78, 5) is 11.8. The van der Waals surface area contributed by atoms with E-state index in [1.54, 1.807) is 23.1 Å². The molecule has 0 radical (unpaired) electrons. The third-order valence-corrected chi connectivity index (χ3v) is 2.94. The molecule has 18 heavy (non-hydrogen) atoms. The number of nitrogens with one attached hydrogen (secondary N) is 1. The molecule has 7 nitrogen and oxygen atoms in total. The summed E-state index contributed by atoms with van der Waals surface area (Å²) in [6.07, 6.45) is 3.30. The number of nitrogens with zero attached hydrogens (tertiary/aromatic N) is 4. The van der Waals surface area contributed by atoms with Gasteiger partial charge in [0.2, 0.25) is 5.91 Å². The zero-order valence-corrected chi connectivity index (χ0v) is 11.4. The minimum Gasteiger partial charge on any atom is -0.381 e. The summed E-state index contributed by atoms with van der Waals surface area (Å²) in [5.74, 6) is 0.850. The van der Waals surface area contributed by atoms with Crippen LogP contribution >= 0.6 is 15.9 Å². The summed E-state index contributed by atoms with van der Waals surface area (Å²) >= 11 is 3.24. The van der Waals surface area contributed by atoms with Crippen LogP contribution in [0.5, 0.6) is 0 Å². The van der Waals surface area contributed by atoms with Crippen LogP contribution in [-0.4, -0.2) is 25.5 Å². The SMILES string of the molecule is CCn1nccc1NC(=O)Cn1cc(Br)c(N)n1. The van der Waals surface area contributed by atoms with Gasteiger partial charge in [-0.2, -0.15) is 10.2 Å². The number of carbonyl (C=O) groups excluding carboxylic acids is 1. The fourth-order valence-corrected chi connectivity index (χ4v) is 1.83. The average molecular weight is 313 g/mol. The highest BCUT2D eigenvalue weighted by Crippen LogP contribution is 2.16. The van der Waals surface area contributed by atoms with Crippen LogP contribution in [0.3, 0.4) is 0 Å². The standard InChI is InChI=1S/C10H13BrN6O/c1-2-17-8(3-4-13-17)14-9(18)6-16-5-7(11)10(12)15-16/h3-5H,2,6H2,1H3,(H2,12,15)(H,14,18). The van der Waals surface area contributed by atoms with Crippen LogP contribution < -0.4 is 11.1 Å². The average Bonchev–Trinajstić information content (AvgIpc) is 2.86. The number of amides is 1. The Morgan fingerprint density at radius 2 is 2.39 bits per heavy atom. The smallest absolute Gasteiger partial charge is 0.247 e. The van der Waals surface area contributed by atoms with E-state index < -0.39 is 0 Å². The first-order chi connectivity index (χ1) is 8.60. The molecule has 0 saturated carbocycles. The summed E-state index contributed by atoms with van der Waals surface area (Å²) in [6.45, 7) is 2.75. The molecule has 0 aliphatic heterocycles. The normalized spacial score (nSPS) is 10.6. The van der Waals surface area contributed by atoms with Crippen molar-refractivity contribution >= 4 is 33.5 Å². The fraction of sp³-hybridized carbons (Fsp3) is 0.300. The van der Waals surface area contributed by atoms with Gasteiger partial charge in [0.1, 0.15) is 12.4 Å². The lowest BCUT2D eigenvalue weighted by molar-refractivity contribution is -0.116. The maximum absolute atomic E-state index is 11.8. The quantitative estimate of drug-likeness (QED) is 0.884. The zero-order valence-electron chi connectivity index (χ0n) is 9.80. The van der Waals surface area contributed by atoms with Crippen molar-refractivity contribution in [1.82, 2.24) is 19.6 Å². The Hall–Kier alpha value is -1.83. The molecule has 0 saturated heterocycles. The number of carbonyl (C=O) groups is 1.